The van der Waals surface area contributed by atoms with Crippen molar-refractivity contribution in [1.82, 2.24) is 5.32 Å². The Kier molecular flexibility index (Phi) is 3.34. The molecule has 0 heterocycles. The van der Waals surface area contributed by atoms with E-state index < -0.39 is 0 Å². The quantitative estimate of drug-likeness (QED) is 0.738. The Hall–Kier alpha value is -0.640. The van der Waals surface area contributed by atoms with E-state index in [0.717, 1.165) is 0 Å². The summed E-state index contributed by atoms with van der Waals surface area (Å²) in [6.45, 7) is 11.4. The van der Waals surface area contributed by atoms with Gasteiger partial charge in [0, 0.05) is 6.54 Å². The van der Waals surface area contributed by atoms with Gasteiger partial charge in [0.25, 0.3) is 0 Å². The zero-order valence-electron chi connectivity index (χ0n) is 10.8. The van der Waals surface area contributed by atoms with Gasteiger partial charge in [-0.15, -0.1) is 0 Å². The maximum absolute atomic E-state index is 11.7. The van der Waals surface area contributed by atoms with E-state index in [1.165, 1.54) is 0 Å². The first-order valence-electron chi connectivity index (χ1n) is 5.69. The molecule has 1 saturated carbocycles. The van der Waals surface area contributed by atoms with E-state index in [4.69, 9.17) is 18.0 Å². The second-order valence-electron chi connectivity index (χ2n) is 5.87. The molecule has 16 heavy (non-hydrogen) atoms. The van der Waals surface area contributed by atoms with Gasteiger partial charge >= 0.3 is 0 Å². The minimum atomic E-state index is -0.375. The Balaban J connectivity index is 2.44. The Morgan fingerprint density at radius 1 is 1.38 bits per heavy atom. The lowest BCUT2D eigenvalue weighted by Gasteiger charge is -2.11. The highest BCUT2D eigenvalue weighted by Crippen LogP contribution is 2.67. The molecule has 0 radical (unpaired) electrons. The van der Waals surface area contributed by atoms with Crippen molar-refractivity contribution in [3.05, 3.63) is 0 Å². The van der Waals surface area contributed by atoms with Crippen molar-refractivity contribution < 1.29 is 4.79 Å². The molecule has 1 amide bonds. The maximum atomic E-state index is 11.7. The number of hydrogen-bond donors (Lipinski definition) is 2. The molecular formula is C12H22N2OS. The monoisotopic (exact) mass is 242 g/mol. The lowest BCUT2D eigenvalue weighted by atomic mass is 10.0. The highest BCUT2D eigenvalue weighted by molar-refractivity contribution is 7.80. The second-order valence-corrected chi connectivity index (χ2v) is 6.34. The summed E-state index contributed by atoms with van der Waals surface area (Å²) in [4.78, 5) is 11.9. The van der Waals surface area contributed by atoms with Crippen LogP contribution in [0.1, 0.15) is 34.6 Å². The van der Waals surface area contributed by atoms with E-state index in [-0.39, 0.29) is 16.8 Å². The Morgan fingerprint density at radius 3 is 2.12 bits per heavy atom. The van der Waals surface area contributed by atoms with Crippen molar-refractivity contribution in [1.29, 1.82) is 0 Å². The highest BCUT2D eigenvalue weighted by atomic mass is 32.1. The molecule has 0 spiro atoms. The van der Waals surface area contributed by atoms with Crippen LogP contribution >= 0.6 is 12.2 Å². The van der Waals surface area contributed by atoms with Crippen molar-refractivity contribution in [3.8, 4) is 0 Å². The van der Waals surface area contributed by atoms with Gasteiger partial charge in [0.15, 0.2) is 0 Å². The molecule has 1 fully saturated rings. The van der Waals surface area contributed by atoms with Crippen LogP contribution in [0.25, 0.3) is 0 Å². The number of carbonyl (C=O) groups is 1. The Bertz CT molecular complexity index is 309. The molecule has 0 aromatic rings. The molecule has 1 aliphatic rings. The zero-order valence-corrected chi connectivity index (χ0v) is 11.6. The molecule has 0 saturated heterocycles. The van der Waals surface area contributed by atoms with E-state index in [2.05, 4.69) is 33.0 Å². The van der Waals surface area contributed by atoms with E-state index in [1.54, 1.807) is 6.92 Å². The molecule has 3 N–H and O–H groups in total. The number of nitrogens with one attached hydrogen (secondary N) is 1. The van der Waals surface area contributed by atoms with Crippen LogP contribution in [0.4, 0.5) is 0 Å². The normalized spacial score (nSPS) is 23.6. The number of thiocarbonyl (C=S) groups is 1. The fourth-order valence-corrected chi connectivity index (χ4v) is 2.44. The molecule has 3 nitrogen and oxygen atoms in total. The van der Waals surface area contributed by atoms with Crippen molar-refractivity contribution in [3.63, 3.8) is 0 Å². The predicted molar refractivity (Wildman–Crippen MR) is 70.0 cm³/mol. The van der Waals surface area contributed by atoms with Crippen molar-refractivity contribution >= 4 is 23.1 Å². The van der Waals surface area contributed by atoms with Crippen LogP contribution in [0.3, 0.4) is 0 Å². The zero-order chi connectivity index (χ0) is 12.7. The minimum Gasteiger partial charge on any atom is -0.393 e. The summed E-state index contributed by atoms with van der Waals surface area (Å²) in [5.74, 6) is 0.0912. The molecule has 0 aromatic heterocycles. The molecule has 1 aliphatic carbocycles. The van der Waals surface area contributed by atoms with Crippen LogP contribution < -0.4 is 11.1 Å². The fraction of sp³-hybridized carbons (Fsp3) is 0.833. The topological polar surface area (TPSA) is 55.1 Å². The summed E-state index contributed by atoms with van der Waals surface area (Å²) in [5.41, 5.74) is 6.03. The number of hydrogen-bond acceptors (Lipinski definition) is 2. The van der Waals surface area contributed by atoms with Crippen molar-refractivity contribution in [2.24, 2.45) is 28.4 Å². The van der Waals surface area contributed by atoms with Crippen LogP contribution in [-0.2, 0) is 4.79 Å². The Morgan fingerprint density at radius 2 is 1.81 bits per heavy atom. The predicted octanol–water partition coefficient (Wildman–Crippen LogP) is 1.71. The smallest absolute Gasteiger partial charge is 0.229 e. The van der Waals surface area contributed by atoms with Gasteiger partial charge in [-0.25, -0.2) is 0 Å². The van der Waals surface area contributed by atoms with Gasteiger partial charge < -0.3 is 11.1 Å². The third-order valence-electron chi connectivity index (χ3n) is 4.62. The van der Waals surface area contributed by atoms with Crippen molar-refractivity contribution in [2.45, 2.75) is 34.6 Å². The first kappa shape index (κ1) is 13.4. The molecule has 92 valence electrons. The number of carbonyl (C=O) groups excluding carboxylic acids is 1. The van der Waals surface area contributed by atoms with Gasteiger partial charge in [0.05, 0.1) is 10.9 Å². The first-order valence-corrected chi connectivity index (χ1v) is 6.10. The minimum absolute atomic E-state index is 0.0639. The standard InChI is InChI=1S/C12H22N2OS/c1-7(9(13)16)10(15)14-6-8-11(2,3)12(8,4)5/h7-8H,6H2,1-5H3,(H2,13,16)(H,14,15). The maximum Gasteiger partial charge on any atom is 0.229 e. The largest absolute Gasteiger partial charge is 0.393 e. The molecule has 4 heteroatoms. The van der Waals surface area contributed by atoms with Gasteiger partial charge in [-0.3, -0.25) is 4.79 Å². The Labute approximate surface area is 103 Å². The molecule has 0 bridgehead atoms. The van der Waals surface area contributed by atoms with E-state index in [1.807, 2.05) is 0 Å². The van der Waals surface area contributed by atoms with Crippen LogP contribution in [0, 0.1) is 22.7 Å². The molecular weight excluding hydrogens is 220 g/mol. The number of nitrogens with two attached hydrogens (primary N) is 1. The number of rotatable bonds is 4. The number of amides is 1. The first-order chi connectivity index (χ1) is 7.12. The van der Waals surface area contributed by atoms with Gasteiger partial charge in [-0.05, 0) is 23.7 Å². The summed E-state index contributed by atoms with van der Waals surface area (Å²) in [7, 11) is 0. The molecule has 1 atom stereocenters. The van der Waals surface area contributed by atoms with Gasteiger partial charge in [-0.2, -0.15) is 0 Å². The molecule has 1 rings (SSSR count). The fourth-order valence-electron chi connectivity index (χ4n) is 2.33. The van der Waals surface area contributed by atoms with Gasteiger partial charge in [-0.1, -0.05) is 39.9 Å². The van der Waals surface area contributed by atoms with E-state index in [9.17, 15) is 4.79 Å². The van der Waals surface area contributed by atoms with Crippen LogP contribution in [0.5, 0.6) is 0 Å². The summed E-state index contributed by atoms with van der Waals surface area (Å²) >= 11 is 4.80. The van der Waals surface area contributed by atoms with Crippen molar-refractivity contribution in [2.75, 3.05) is 6.54 Å². The molecule has 1 unspecified atom stereocenters. The SMILES string of the molecule is CC(C(=O)NCC1C(C)(C)C1(C)C)C(N)=S. The lowest BCUT2D eigenvalue weighted by molar-refractivity contribution is -0.122. The van der Waals surface area contributed by atoms with Gasteiger partial charge in [0.1, 0.15) is 0 Å². The summed E-state index contributed by atoms with van der Waals surface area (Å²) < 4.78 is 0. The van der Waals surface area contributed by atoms with Crippen LogP contribution in [0.2, 0.25) is 0 Å². The average Bonchev–Trinajstić information content (AvgIpc) is 2.53. The molecule has 0 aromatic carbocycles. The van der Waals surface area contributed by atoms with Crippen LogP contribution in [-0.4, -0.2) is 17.4 Å². The van der Waals surface area contributed by atoms with Crippen LogP contribution in [0.15, 0.2) is 0 Å². The summed E-state index contributed by atoms with van der Waals surface area (Å²) in [6, 6.07) is 0. The average molecular weight is 242 g/mol. The lowest BCUT2D eigenvalue weighted by Crippen LogP contribution is -2.37. The van der Waals surface area contributed by atoms with E-state index >= 15 is 0 Å². The second kappa shape index (κ2) is 3.99. The van der Waals surface area contributed by atoms with E-state index in [0.29, 0.717) is 23.3 Å². The third kappa shape index (κ3) is 2.08. The van der Waals surface area contributed by atoms with Gasteiger partial charge in [0.2, 0.25) is 5.91 Å². The highest BCUT2D eigenvalue weighted by Gasteiger charge is 2.64. The summed E-state index contributed by atoms with van der Waals surface area (Å²) in [6.07, 6.45) is 0. The summed E-state index contributed by atoms with van der Waals surface area (Å²) in [5, 5.41) is 2.93. The third-order valence-corrected chi connectivity index (χ3v) is 4.97. The molecule has 0 aliphatic heterocycles.